The number of sulfone groups is 1. The first kappa shape index (κ1) is 14.1. The van der Waals surface area contributed by atoms with E-state index in [0.29, 0.717) is 9.79 Å². The summed E-state index contributed by atoms with van der Waals surface area (Å²) in [4.78, 5) is 2.98. The summed E-state index contributed by atoms with van der Waals surface area (Å²) in [7, 11) is -3.40. The van der Waals surface area contributed by atoms with Crippen molar-refractivity contribution in [3.8, 4) is 0 Å². The van der Waals surface area contributed by atoms with Gasteiger partial charge >= 0.3 is 0 Å². The van der Waals surface area contributed by atoms with Gasteiger partial charge in [-0.3, -0.25) is 0 Å². The van der Waals surface area contributed by atoms with Gasteiger partial charge in [-0.25, -0.2) is 8.42 Å². The number of hydrogen-bond acceptors (Lipinski definition) is 3. The summed E-state index contributed by atoms with van der Waals surface area (Å²) in [6, 6.07) is 15.8. The zero-order valence-electron chi connectivity index (χ0n) is 12.1. The van der Waals surface area contributed by atoms with Crippen molar-refractivity contribution in [2.45, 2.75) is 23.1 Å². The lowest BCUT2D eigenvalue weighted by atomic mass is 9.97. The smallest absolute Gasteiger partial charge is 0.206 e. The summed E-state index contributed by atoms with van der Waals surface area (Å²) >= 11 is 0. The van der Waals surface area contributed by atoms with Crippen LogP contribution in [0.1, 0.15) is 13.3 Å². The molecule has 0 amide bonds. The quantitative estimate of drug-likeness (QED) is 0.869. The lowest BCUT2D eigenvalue weighted by Crippen LogP contribution is -2.46. The van der Waals surface area contributed by atoms with Gasteiger partial charge in [0.1, 0.15) is 0 Å². The minimum Gasteiger partial charge on any atom is -0.371 e. The third kappa shape index (κ3) is 2.68. The second-order valence-electron chi connectivity index (χ2n) is 5.49. The first-order valence-electron chi connectivity index (χ1n) is 7.26. The zero-order chi connectivity index (χ0) is 14.9. The Morgan fingerprint density at radius 3 is 2.10 bits per heavy atom. The summed E-state index contributed by atoms with van der Waals surface area (Å²) in [5.41, 5.74) is 1.10. The lowest BCUT2D eigenvalue weighted by Gasteiger charge is -2.40. The van der Waals surface area contributed by atoms with Crippen LogP contribution in [0.5, 0.6) is 0 Å². The average molecular weight is 301 g/mol. The molecule has 0 bridgehead atoms. The molecule has 110 valence electrons. The van der Waals surface area contributed by atoms with Gasteiger partial charge in [0, 0.05) is 18.8 Å². The van der Waals surface area contributed by atoms with E-state index in [1.807, 2.05) is 18.2 Å². The molecule has 1 aliphatic heterocycles. The highest BCUT2D eigenvalue weighted by atomic mass is 32.2. The van der Waals surface area contributed by atoms with Crippen molar-refractivity contribution in [3.05, 3.63) is 54.6 Å². The van der Waals surface area contributed by atoms with Gasteiger partial charge in [0.15, 0.2) is 0 Å². The van der Waals surface area contributed by atoms with E-state index in [1.165, 1.54) is 6.42 Å². The molecule has 1 saturated heterocycles. The molecule has 0 aromatic heterocycles. The van der Waals surface area contributed by atoms with Crippen molar-refractivity contribution in [1.29, 1.82) is 0 Å². The summed E-state index contributed by atoms with van der Waals surface area (Å²) < 4.78 is 25.0. The van der Waals surface area contributed by atoms with E-state index in [2.05, 4.69) is 11.8 Å². The Morgan fingerprint density at radius 1 is 0.952 bits per heavy atom. The average Bonchev–Trinajstić information content (AvgIpc) is 2.48. The summed E-state index contributed by atoms with van der Waals surface area (Å²) in [5, 5.41) is 0. The Bertz CT molecular complexity index is 702. The molecule has 0 saturated carbocycles. The minimum absolute atomic E-state index is 0.341. The van der Waals surface area contributed by atoms with Crippen LogP contribution in [0.4, 0.5) is 5.69 Å². The lowest BCUT2D eigenvalue weighted by molar-refractivity contribution is 0.399. The molecule has 21 heavy (non-hydrogen) atoms. The van der Waals surface area contributed by atoms with Crippen LogP contribution in [-0.4, -0.2) is 21.5 Å². The van der Waals surface area contributed by atoms with Crippen LogP contribution in [0.15, 0.2) is 64.4 Å². The highest BCUT2D eigenvalue weighted by Gasteiger charge is 2.25. The van der Waals surface area contributed by atoms with Crippen molar-refractivity contribution in [2.24, 2.45) is 5.92 Å². The number of hydrogen-bond donors (Lipinski definition) is 0. The maximum Gasteiger partial charge on any atom is 0.206 e. The standard InChI is InChI=1S/C17H19NO2S/c1-2-14-12-18(13-14)15-8-10-17(11-9-15)21(19,20)16-6-4-3-5-7-16/h3-11,14H,2,12-13H2,1H3. The van der Waals surface area contributed by atoms with Crippen molar-refractivity contribution in [2.75, 3.05) is 18.0 Å². The Balaban J connectivity index is 1.82. The summed E-state index contributed by atoms with van der Waals surface area (Å²) in [5.74, 6) is 0.776. The van der Waals surface area contributed by atoms with E-state index in [4.69, 9.17) is 0 Å². The van der Waals surface area contributed by atoms with E-state index >= 15 is 0 Å². The number of benzene rings is 2. The highest BCUT2D eigenvalue weighted by molar-refractivity contribution is 7.91. The largest absolute Gasteiger partial charge is 0.371 e. The highest BCUT2D eigenvalue weighted by Crippen LogP contribution is 2.28. The predicted octanol–water partition coefficient (Wildman–Crippen LogP) is 3.37. The van der Waals surface area contributed by atoms with E-state index in [1.54, 1.807) is 36.4 Å². The molecule has 0 radical (unpaired) electrons. The molecule has 0 aliphatic carbocycles. The Morgan fingerprint density at radius 2 is 1.52 bits per heavy atom. The molecule has 0 unspecified atom stereocenters. The number of anilines is 1. The Labute approximate surface area is 126 Å². The molecule has 4 heteroatoms. The second-order valence-corrected chi connectivity index (χ2v) is 7.44. The van der Waals surface area contributed by atoms with Crippen LogP contribution in [-0.2, 0) is 9.84 Å². The van der Waals surface area contributed by atoms with Crippen molar-refractivity contribution < 1.29 is 8.42 Å². The fourth-order valence-electron chi connectivity index (χ4n) is 2.61. The van der Waals surface area contributed by atoms with E-state index in [-0.39, 0.29) is 0 Å². The molecule has 3 nitrogen and oxygen atoms in total. The maximum atomic E-state index is 12.5. The van der Waals surface area contributed by atoms with Gasteiger partial charge in [0.25, 0.3) is 0 Å². The summed E-state index contributed by atoms with van der Waals surface area (Å²) in [6.07, 6.45) is 1.21. The second kappa shape index (κ2) is 5.53. The van der Waals surface area contributed by atoms with Gasteiger partial charge < -0.3 is 4.90 Å². The van der Waals surface area contributed by atoms with Crippen LogP contribution in [0, 0.1) is 5.92 Å². The normalized spacial score (nSPS) is 15.8. The Hall–Kier alpha value is -1.81. The van der Waals surface area contributed by atoms with Crippen molar-refractivity contribution in [1.82, 2.24) is 0 Å². The SMILES string of the molecule is CCC1CN(c2ccc(S(=O)(=O)c3ccccc3)cc2)C1. The molecule has 1 aliphatic rings. The van der Waals surface area contributed by atoms with Crippen LogP contribution in [0.25, 0.3) is 0 Å². The molecular formula is C17H19NO2S. The molecule has 0 spiro atoms. The zero-order valence-corrected chi connectivity index (χ0v) is 12.9. The first-order chi connectivity index (χ1) is 10.1. The molecule has 3 rings (SSSR count). The predicted molar refractivity (Wildman–Crippen MR) is 84.3 cm³/mol. The third-order valence-electron chi connectivity index (χ3n) is 4.10. The molecular weight excluding hydrogens is 282 g/mol. The molecule has 1 fully saturated rings. The van der Waals surface area contributed by atoms with Gasteiger partial charge in [-0.15, -0.1) is 0 Å². The summed E-state index contributed by atoms with van der Waals surface area (Å²) in [6.45, 7) is 4.35. The van der Waals surface area contributed by atoms with Gasteiger partial charge in [-0.2, -0.15) is 0 Å². The van der Waals surface area contributed by atoms with Crippen LogP contribution >= 0.6 is 0 Å². The number of nitrogens with zero attached hydrogens (tertiary/aromatic N) is 1. The topological polar surface area (TPSA) is 37.4 Å². The number of rotatable bonds is 4. The van der Waals surface area contributed by atoms with Gasteiger partial charge in [0.2, 0.25) is 9.84 Å². The van der Waals surface area contributed by atoms with Gasteiger partial charge in [0.05, 0.1) is 9.79 Å². The van der Waals surface area contributed by atoms with Crippen molar-refractivity contribution >= 4 is 15.5 Å². The van der Waals surface area contributed by atoms with Crippen molar-refractivity contribution in [3.63, 3.8) is 0 Å². The third-order valence-corrected chi connectivity index (χ3v) is 5.89. The van der Waals surface area contributed by atoms with E-state index < -0.39 is 9.84 Å². The molecule has 2 aromatic carbocycles. The van der Waals surface area contributed by atoms with E-state index in [0.717, 1.165) is 24.7 Å². The van der Waals surface area contributed by atoms with Gasteiger partial charge in [-0.1, -0.05) is 25.1 Å². The molecule has 0 atom stereocenters. The minimum atomic E-state index is -3.40. The fourth-order valence-corrected chi connectivity index (χ4v) is 3.89. The monoisotopic (exact) mass is 301 g/mol. The van der Waals surface area contributed by atoms with Gasteiger partial charge in [-0.05, 0) is 48.7 Å². The fraction of sp³-hybridized carbons (Fsp3) is 0.294. The van der Waals surface area contributed by atoms with Crippen LogP contribution in [0.3, 0.4) is 0 Å². The van der Waals surface area contributed by atoms with Crippen LogP contribution < -0.4 is 4.90 Å². The Kier molecular flexibility index (Phi) is 3.72. The first-order valence-corrected chi connectivity index (χ1v) is 8.74. The van der Waals surface area contributed by atoms with E-state index in [9.17, 15) is 8.42 Å². The molecule has 0 N–H and O–H groups in total. The molecule has 1 heterocycles. The molecule has 2 aromatic rings. The van der Waals surface area contributed by atoms with Crippen LogP contribution in [0.2, 0.25) is 0 Å². The maximum absolute atomic E-state index is 12.5.